The number of ether oxygens (including phenoxy) is 1. The molecule has 1 aliphatic heterocycles. The van der Waals surface area contributed by atoms with Crippen LogP contribution in [0.4, 0.5) is 16.2 Å². The minimum atomic E-state index is -0.669. The van der Waals surface area contributed by atoms with Crippen molar-refractivity contribution in [1.29, 1.82) is 0 Å². The lowest BCUT2D eigenvalue weighted by Crippen LogP contribution is -2.43. The van der Waals surface area contributed by atoms with E-state index in [0.29, 0.717) is 5.58 Å². The molecule has 0 atom stereocenters. The fourth-order valence-electron chi connectivity index (χ4n) is 2.59. The van der Waals surface area contributed by atoms with Crippen molar-refractivity contribution in [3.8, 4) is 0 Å². The largest absolute Gasteiger partial charge is 0.450 e. The van der Waals surface area contributed by atoms with Gasteiger partial charge in [0.2, 0.25) is 0 Å². The van der Waals surface area contributed by atoms with Gasteiger partial charge in [-0.3, -0.25) is 5.32 Å². The smallest absolute Gasteiger partial charge is 0.411 e. The van der Waals surface area contributed by atoms with Crippen LogP contribution in [-0.4, -0.2) is 38.9 Å². The molecule has 1 aliphatic rings. The molecule has 0 unspecified atom stereocenters. The topological polar surface area (TPSA) is 83.8 Å². The van der Waals surface area contributed by atoms with Crippen molar-refractivity contribution in [2.45, 2.75) is 6.92 Å². The van der Waals surface area contributed by atoms with Gasteiger partial charge in [-0.2, -0.15) is 0 Å². The molecule has 1 fully saturated rings. The van der Waals surface area contributed by atoms with Crippen molar-refractivity contribution in [3.63, 3.8) is 0 Å². The zero-order chi connectivity index (χ0) is 16.2. The van der Waals surface area contributed by atoms with Crippen molar-refractivity contribution in [3.05, 3.63) is 34.7 Å². The van der Waals surface area contributed by atoms with Crippen molar-refractivity contribution < 1.29 is 13.9 Å². The summed E-state index contributed by atoms with van der Waals surface area (Å²) in [5.74, 6) is 0. The van der Waals surface area contributed by atoms with E-state index in [0.717, 1.165) is 37.3 Å². The van der Waals surface area contributed by atoms with Crippen LogP contribution in [0.2, 0.25) is 0 Å². The van der Waals surface area contributed by atoms with Gasteiger partial charge in [-0.25, -0.2) is 9.59 Å². The van der Waals surface area contributed by atoms with E-state index in [2.05, 4.69) is 15.5 Å². The second-order valence-corrected chi connectivity index (χ2v) is 5.25. The highest BCUT2D eigenvalue weighted by Crippen LogP contribution is 2.23. The molecule has 1 amide bonds. The quantitative estimate of drug-likeness (QED) is 0.840. The molecule has 2 aromatic rings. The highest BCUT2D eigenvalue weighted by Gasteiger charge is 2.13. The van der Waals surface area contributed by atoms with Gasteiger partial charge >= 0.3 is 11.7 Å². The maximum atomic E-state index is 11.9. The Morgan fingerprint density at radius 2 is 2.13 bits per heavy atom. The second-order valence-electron chi connectivity index (χ2n) is 5.25. The number of fused-ring (bicyclic) bond motifs is 1. The lowest BCUT2D eigenvalue weighted by Gasteiger charge is -2.29. The van der Waals surface area contributed by atoms with Gasteiger partial charge in [0, 0.05) is 37.3 Å². The molecule has 0 aliphatic carbocycles. The van der Waals surface area contributed by atoms with Gasteiger partial charge in [0.1, 0.15) is 11.3 Å². The fourth-order valence-corrected chi connectivity index (χ4v) is 2.59. The summed E-state index contributed by atoms with van der Waals surface area (Å²) < 4.78 is 10.0. The molecule has 0 bridgehead atoms. The zero-order valence-corrected chi connectivity index (χ0v) is 12.9. The molecule has 0 spiro atoms. The van der Waals surface area contributed by atoms with E-state index in [1.807, 2.05) is 12.1 Å². The standard InChI is InChI=1S/C16H19N3O4/c1-2-22-16(21)18-13-10-11-9-12(19-7-5-17-6-8-19)3-4-14(11)23-15(13)20/h3-4,9-10,17H,2,5-8H2,1H3,(H,18,21). The Kier molecular flexibility index (Phi) is 4.47. The third-order valence-electron chi connectivity index (χ3n) is 3.71. The monoisotopic (exact) mass is 317 g/mol. The van der Waals surface area contributed by atoms with Crippen LogP contribution in [-0.2, 0) is 4.74 Å². The van der Waals surface area contributed by atoms with E-state index in [1.54, 1.807) is 19.1 Å². The minimum Gasteiger partial charge on any atom is -0.450 e. The van der Waals surface area contributed by atoms with E-state index in [4.69, 9.17) is 9.15 Å². The lowest BCUT2D eigenvalue weighted by atomic mass is 10.2. The van der Waals surface area contributed by atoms with E-state index in [9.17, 15) is 9.59 Å². The maximum Gasteiger partial charge on any atom is 0.411 e. The molecule has 3 rings (SSSR count). The SMILES string of the molecule is CCOC(=O)Nc1cc2cc(N3CCNCC3)ccc2oc1=O. The summed E-state index contributed by atoms with van der Waals surface area (Å²) in [7, 11) is 0. The first-order chi connectivity index (χ1) is 11.2. The number of hydrogen-bond acceptors (Lipinski definition) is 6. The fraction of sp³-hybridized carbons (Fsp3) is 0.375. The van der Waals surface area contributed by atoms with Crippen LogP contribution in [0.3, 0.4) is 0 Å². The molecular formula is C16H19N3O4. The third-order valence-corrected chi connectivity index (χ3v) is 3.71. The van der Waals surface area contributed by atoms with Crippen molar-refractivity contribution in [2.75, 3.05) is 43.0 Å². The Balaban J connectivity index is 1.92. The van der Waals surface area contributed by atoms with E-state index in [-0.39, 0.29) is 12.3 Å². The molecule has 122 valence electrons. The number of carbonyl (C=O) groups excluding carboxylic acids is 1. The van der Waals surface area contributed by atoms with Crippen LogP contribution in [0, 0.1) is 0 Å². The van der Waals surface area contributed by atoms with Gasteiger partial charge in [-0.15, -0.1) is 0 Å². The molecule has 0 radical (unpaired) electrons. The summed E-state index contributed by atoms with van der Waals surface area (Å²) >= 11 is 0. The number of hydrogen-bond donors (Lipinski definition) is 2. The number of carbonyl (C=O) groups is 1. The van der Waals surface area contributed by atoms with Gasteiger partial charge < -0.3 is 19.4 Å². The Morgan fingerprint density at radius 1 is 1.35 bits per heavy atom. The maximum absolute atomic E-state index is 11.9. The van der Waals surface area contributed by atoms with Crippen LogP contribution in [0.1, 0.15) is 6.92 Å². The average molecular weight is 317 g/mol. The Hall–Kier alpha value is -2.54. The number of nitrogens with one attached hydrogen (secondary N) is 2. The number of benzene rings is 1. The summed E-state index contributed by atoms with van der Waals surface area (Å²) in [6.45, 7) is 5.67. The highest BCUT2D eigenvalue weighted by molar-refractivity contribution is 5.89. The van der Waals surface area contributed by atoms with E-state index in [1.165, 1.54) is 0 Å². The Morgan fingerprint density at radius 3 is 2.87 bits per heavy atom. The molecule has 23 heavy (non-hydrogen) atoms. The molecule has 7 nitrogen and oxygen atoms in total. The van der Waals surface area contributed by atoms with Crippen LogP contribution >= 0.6 is 0 Å². The van der Waals surface area contributed by atoms with Gasteiger partial charge in [-0.1, -0.05) is 0 Å². The van der Waals surface area contributed by atoms with Crippen LogP contribution in [0.25, 0.3) is 11.0 Å². The third kappa shape index (κ3) is 3.45. The first-order valence-electron chi connectivity index (χ1n) is 7.64. The average Bonchev–Trinajstić information content (AvgIpc) is 2.56. The van der Waals surface area contributed by atoms with E-state index < -0.39 is 11.7 Å². The van der Waals surface area contributed by atoms with Gasteiger partial charge in [0.15, 0.2) is 0 Å². The van der Waals surface area contributed by atoms with E-state index >= 15 is 0 Å². The highest BCUT2D eigenvalue weighted by atomic mass is 16.5. The summed E-state index contributed by atoms with van der Waals surface area (Å²) in [5.41, 5.74) is 1.03. The van der Waals surface area contributed by atoms with Gasteiger partial charge in [-0.05, 0) is 31.2 Å². The van der Waals surface area contributed by atoms with Gasteiger partial charge in [0.05, 0.1) is 6.61 Å². The molecule has 0 saturated carbocycles. The minimum absolute atomic E-state index is 0.0772. The van der Waals surface area contributed by atoms with Crippen LogP contribution in [0.15, 0.2) is 33.5 Å². The molecule has 7 heteroatoms. The predicted molar refractivity (Wildman–Crippen MR) is 88.2 cm³/mol. The first kappa shape index (κ1) is 15.4. The van der Waals surface area contributed by atoms with Crippen LogP contribution < -0.4 is 21.2 Å². The second kappa shape index (κ2) is 6.70. The molecule has 1 aromatic carbocycles. The predicted octanol–water partition coefficient (Wildman–Crippen LogP) is 1.77. The van der Waals surface area contributed by atoms with Gasteiger partial charge in [0.25, 0.3) is 0 Å². The van der Waals surface area contributed by atoms with Crippen molar-refractivity contribution in [1.82, 2.24) is 5.32 Å². The number of anilines is 2. The van der Waals surface area contributed by atoms with Crippen molar-refractivity contribution >= 4 is 28.4 Å². The molecule has 2 heterocycles. The lowest BCUT2D eigenvalue weighted by molar-refractivity contribution is 0.168. The molecule has 1 aromatic heterocycles. The number of amides is 1. The first-order valence-corrected chi connectivity index (χ1v) is 7.64. The molecule has 2 N–H and O–H groups in total. The number of rotatable bonds is 3. The number of piperazine rings is 1. The zero-order valence-electron chi connectivity index (χ0n) is 12.9. The molecular weight excluding hydrogens is 298 g/mol. The normalized spacial score (nSPS) is 14.7. The molecule has 1 saturated heterocycles. The number of nitrogens with zero attached hydrogens (tertiary/aromatic N) is 1. The van der Waals surface area contributed by atoms with Crippen molar-refractivity contribution in [2.24, 2.45) is 0 Å². The Bertz CT molecular complexity index is 765. The summed E-state index contributed by atoms with van der Waals surface area (Å²) in [6.07, 6.45) is -0.669. The summed E-state index contributed by atoms with van der Waals surface area (Å²) in [6, 6.07) is 7.29. The van der Waals surface area contributed by atoms with Crippen LogP contribution in [0.5, 0.6) is 0 Å². The summed E-state index contributed by atoms with van der Waals surface area (Å²) in [5, 5.41) is 6.48. The summed E-state index contributed by atoms with van der Waals surface area (Å²) in [4.78, 5) is 25.7. The Labute approximate surface area is 133 Å².